The number of rotatable bonds is 2. The molecular formula is C13H12BrN3O. The Balaban J connectivity index is 2.11. The topological polar surface area (TPSA) is 43.9 Å². The van der Waals surface area contributed by atoms with E-state index in [0.717, 1.165) is 38.9 Å². The van der Waals surface area contributed by atoms with Gasteiger partial charge in [0, 0.05) is 27.8 Å². The van der Waals surface area contributed by atoms with Gasteiger partial charge in [-0.1, -0.05) is 5.16 Å². The minimum atomic E-state index is 0.745. The quantitative estimate of drug-likeness (QED) is 0.728. The number of aromatic nitrogens is 3. The van der Waals surface area contributed by atoms with E-state index in [2.05, 4.69) is 36.8 Å². The molecule has 0 spiro atoms. The Kier molecular flexibility index (Phi) is 2.70. The first-order valence-corrected chi connectivity index (χ1v) is 6.46. The average Bonchev–Trinajstić information content (AvgIpc) is 2.86. The van der Waals surface area contributed by atoms with E-state index in [-0.39, 0.29) is 0 Å². The van der Waals surface area contributed by atoms with Crippen LogP contribution in [-0.2, 0) is 6.54 Å². The lowest BCUT2D eigenvalue weighted by Crippen LogP contribution is -2.00. The molecule has 0 amide bonds. The van der Waals surface area contributed by atoms with Crippen LogP contribution >= 0.6 is 15.9 Å². The molecule has 0 radical (unpaired) electrons. The Hall–Kier alpha value is -1.62. The SMILES string of the molecule is Cc1noc(C)c1Cn1cc(Br)c2ccncc21. The van der Waals surface area contributed by atoms with Crippen molar-refractivity contribution in [2.45, 2.75) is 20.4 Å². The summed E-state index contributed by atoms with van der Waals surface area (Å²) in [6, 6.07) is 2.00. The molecular weight excluding hydrogens is 294 g/mol. The third kappa shape index (κ3) is 1.75. The summed E-state index contributed by atoms with van der Waals surface area (Å²) in [6.45, 7) is 4.65. The zero-order chi connectivity index (χ0) is 12.7. The summed E-state index contributed by atoms with van der Waals surface area (Å²) in [4.78, 5) is 4.18. The van der Waals surface area contributed by atoms with Gasteiger partial charge >= 0.3 is 0 Å². The van der Waals surface area contributed by atoms with Crippen LogP contribution in [0.3, 0.4) is 0 Å². The van der Waals surface area contributed by atoms with Crippen LogP contribution in [0.5, 0.6) is 0 Å². The Morgan fingerprint density at radius 1 is 1.39 bits per heavy atom. The summed E-state index contributed by atoms with van der Waals surface area (Å²) in [5, 5.41) is 5.15. The summed E-state index contributed by atoms with van der Waals surface area (Å²) in [7, 11) is 0. The van der Waals surface area contributed by atoms with Crippen molar-refractivity contribution in [2.75, 3.05) is 0 Å². The van der Waals surface area contributed by atoms with E-state index in [1.165, 1.54) is 0 Å². The van der Waals surface area contributed by atoms with Gasteiger partial charge < -0.3 is 9.09 Å². The third-order valence-electron chi connectivity index (χ3n) is 3.15. The molecule has 4 nitrogen and oxygen atoms in total. The van der Waals surface area contributed by atoms with Crippen molar-refractivity contribution in [2.24, 2.45) is 0 Å². The first-order valence-electron chi connectivity index (χ1n) is 5.67. The van der Waals surface area contributed by atoms with Crippen molar-refractivity contribution in [3.05, 3.63) is 46.1 Å². The minimum absolute atomic E-state index is 0.745. The fraction of sp³-hybridized carbons (Fsp3) is 0.231. The van der Waals surface area contributed by atoms with Gasteiger partial charge in [-0.3, -0.25) is 4.98 Å². The molecule has 92 valence electrons. The zero-order valence-electron chi connectivity index (χ0n) is 10.1. The Morgan fingerprint density at radius 3 is 2.94 bits per heavy atom. The third-order valence-corrected chi connectivity index (χ3v) is 3.78. The maximum absolute atomic E-state index is 5.20. The lowest BCUT2D eigenvalue weighted by Gasteiger charge is -2.04. The van der Waals surface area contributed by atoms with Crippen molar-refractivity contribution in [3.63, 3.8) is 0 Å². The van der Waals surface area contributed by atoms with E-state index in [0.29, 0.717) is 0 Å². The molecule has 3 aromatic rings. The van der Waals surface area contributed by atoms with E-state index in [4.69, 9.17) is 4.52 Å². The van der Waals surface area contributed by atoms with E-state index in [1.807, 2.05) is 26.1 Å². The van der Waals surface area contributed by atoms with E-state index in [9.17, 15) is 0 Å². The molecule has 0 aromatic carbocycles. The number of aryl methyl sites for hydroxylation is 2. The number of hydrogen-bond acceptors (Lipinski definition) is 3. The van der Waals surface area contributed by atoms with Crippen LogP contribution in [-0.4, -0.2) is 14.7 Å². The summed E-state index contributed by atoms with van der Waals surface area (Å²) in [5.74, 6) is 0.870. The predicted molar refractivity (Wildman–Crippen MR) is 72.5 cm³/mol. The second kappa shape index (κ2) is 4.24. The number of pyridine rings is 1. The molecule has 3 rings (SSSR count). The maximum atomic E-state index is 5.20. The fourth-order valence-corrected chi connectivity index (χ4v) is 2.70. The molecule has 0 aliphatic rings. The Bertz CT molecular complexity index is 695. The molecule has 0 unspecified atom stereocenters. The van der Waals surface area contributed by atoms with Crippen molar-refractivity contribution in [1.29, 1.82) is 0 Å². The van der Waals surface area contributed by atoms with Crippen molar-refractivity contribution < 1.29 is 4.52 Å². The molecule has 5 heteroatoms. The Labute approximate surface area is 113 Å². The summed E-state index contributed by atoms with van der Waals surface area (Å²) >= 11 is 3.57. The first kappa shape index (κ1) is 11.5. The van der Waals surface area contributed by atoms with Gasteiger partial charge in [-0.15, -0.1) is 0 Å². The van der Waals surface area contributed by atoms with Crippen LogP contribution in [0.4, 0.5) is 0 Å². The van der Waals surface area contributed by atoms with Gasteiger partial charge in [-0.25, -0.2) is 0 Å². The Morgan fingerprint density at radius 2 is 2.22 bits per heavy atom. The van der Waals surface area contributed by atoms with Gasteiger partial charge in [0.2, 0.25) is 0 Å². The molecule has 0 saturated carbocycles. The van der Waals surface area contributed by atoms with E-state index in [1.54, 1.807) is 6.20 Å². The molecule has 3 aromatic heterocycles. The molecule has 0 fully saturated rings. The number of hydrogen-bond donors (Lipinski definition) is 0. The molecule has 0 atom stereocenters. The molecule has 0 bridgehead atoms. The van der Waals surface area contributed by atoms with Gasteiger partial charge in [-0.05, 0) is 35.8 Å². The monoisotopic (exact) mass is 305 g/mol. The molecule has 3 heterocycles. The second-order valence-electron chi connectivity index (χ2n) is 4.30. The van der Waals surface area contributed by atoms with E-state index < -0.39 is 0 Å². The zero-order valence-corrected chi connectivity index (χ0v) is 11.7. The molecule has 18 heavy (non-hydrogen) atoms. The summed E-state index contributed by atoms with van der Waals surface area (Å²) in [5.41, 5.74) is 3.17. The van der Waals surface area contributed by atoms with Gasteiger partial charge in [0.15, 0.2) is 0 Å². The first-order chi connectivity index (χ1) is 8.66. The number of halogens is 1. The van der Waals surface area contributed by atoms with Crippen molar-refractivity contribution in [1.82, 2.24) is 14.7 Å². The van der Waals surface area contributed by atoms with Crippen LogP contribution in [0.15, 0.2) is 33.7 Å². The van der Waals surface area contributed by atoms with Crippen molar-refractivity contribution in [3.8, 4) is 0 Å². The molecule has 0 aliphatic carbocycles. The highest BCUT2D eigenvalue weighted by atomic mass is 79.9. The van der Waals surface area contributed by atoms with Crippen LogP contribution in [0, 0.1) is 13.8 Å². The minimum Gasteiger partial charge on any atom is -0.361 e. The fourth-order valence-electron chi connectivity index (χ4n) is 2.12. The number of nitrogens with zero attached hydrogens (tertiary/aromatic N) is 3. The largest absolute Gasteiger partial charge is 0.361 e. The molecule has 0 N–H and O–H groups in total. The summed E-state index contributed by atoms with van der Waals surface area (Å²) < 4.78 is 8.42. The highest BCUT2D eigenvalue weighted by Crippen LogP contribution is 2.26. The maximum Gasteiger partial charge on any atom is 0.138 e. The normalized spacial score (nSPS) is 11.3. The van der Waals surface area contributed by atoms with Crippen molar-refractivity contribution >= 4 is 26.8 Å². The van der Waals surface area contributed by atoms with Gasteiger partial charge in [0.05, 0.1) is 24.0 Å². The molecule has 0 saturated heterocycles. The molecule has 0 aliphatic heterocycles. The highest BCUT2D eigenvalue weighted by molar-refractivity contribution is 9.10. The van der Waals surface area contributed by atoms with Crippen LogP contribution in [0.1, 0.15) is 17.0 Å². The predicted octanol–water partition coefficient (Wildman–Crippen LogP) is 3.45. The smallest absolute Gasteiger partial charge is 0.138 e. The summed E-state index contributed by atoms with van der Waals surface area (Å²) in [6.07, 6.45) is 5.74. The van der Waals surface area contributed by atoms with Crippen LogP contribution in [0.25, 0.3) is 10.9 Å². The standard InChI is InChI=1S/C13H12BrN3O/c1-8-11(9(2)18-16-8)6-17-7-12(14)10-3-4-15-5-13(10)17/h3-5,7H,6H2,1-2H3. The number of fused-ring (bicyclic) bond motifs is 1. The second-order valence-corrected chi connectivity index (χ2v) is 5.15. The van der Waals surface area contributed by atoms with Crippen LogP contribution < -0.4 is 0 Å². The van der Waals surface area contributed by atoms with Crippen LogP contribution in [0.2, 0.25) is 0 Å². The van der Waals surface area contributed by atoms with E-state index >= 15 is 0 Å². The highest BCUT2D eigenvalue weighted by Gasteiger charge is 2.12. The van der Waals surface area contributed by atoms with Gasteiger partial charge in [0.25, 0.3) is 0 Å². The average molecular weight is 306 g/mol. The van der Waals surface area contributed by atoms with Gasteiger partial charge in [-0.2, -0.15) is 0 Å². The lowest BCUT2D eigenvalue weighted by atomic mass is 10.2. The van der Waals surface area contributed by atoms with Gasteiger partial charge in [0.1, 0.15) is 5.76 Å². The lowest BCUT2D eigenvalue weighted by molar-refractivity contribution is 0.392.